The Hall–Kier alpha value is -2.41. The summed E-state index contributed by atoms with van der Waals surface area (Å²) >= 11 is 0. The van der Waals surface area contributed by atoms with Crippen molar-refractivity contribution in [3.8, 4) is 11.5 Å². The summed E-state index contributed by atoms with van der Waals surface area (Å²) in [5.74, 6) is -0.516. The van der Waals surface area contributed by atoms with Gasteiger partial charge in [0.25, 0.3) is 0 Å². The smallest absolute Gasteiger partial charge is 0.372 e. The van der Waals surface area contributed by atoms with E-state index in [4.69, 9.17) is 9.47 Å². The molecule has 7 heteroatoms. The number of carbonyl (C=O) groups is 3. The molecule has 0 bridgehead atoms. The number of aliphatic hydroxyl groups is 1. The number of hydrogen-bond acceptors (Lipinski definition) is 7. The van der Waals surface area contributed by atoms with Crippen LogP contribution in [-0.4, -0.2) is 40.6 Å². The van der Waals surface area contributed by atoms with Gasteiger partial charge in [0.05, 0.1) is 6.10 Å². The fourth-order valence-electron chi connectivity index (χ4n) is 6.55. The van der Waals surface area contributed by atoms with Crippen LogP contribution < -0.4 is 4.74 Å². The van der Waals surface area contributed by atoms with Crippen LogP contribution in [0.1, 0.15) is 75.8 Å². The molecule has 0 aliphatic heterocycles. The van der Waals surface area contributed by atoms with Gasteiger partial charge >= 0.3 is 11.9 Å². The molecule has 2 saturated carbocycles. The number of phenols is 1. The van der Waals surface area contributed by atoms with Crippen LogP contribution in [0.5, 0.6) is 11.5 Å². The first-order valence-electron chi connectivity index (χ1n) is 11.7. The van der Waals surface area contributed by atoms with E-state index < -0.39 is 18.0 Å². The summed E-state index contributed by atoms with van der Waals surface area (Å²) < 4.78 is 10.7. The van der Waals surface area contributed by atoms with Crippen molar-refractivity contribution in [2.24, 2.45) is 17.3 Å². The third kappa shape index (κ3) is 3.91. The number of phenolic OH excluding ortho intramolecular Hbond substituents is 1. The SMILES string of the molecule is CCCC(OC(=O)C=O)C(=O)Oc1cc(O)cc2c1[C@H]1CC[C@]3(C)[C@@H](O)CC[C@H]3[C@H]1CC2. The highest BCUT2D eigenvalue weighted by Crippen LogP contribution is 2.62. The molecule has 0 spiro atoms. The van der Waals surface area contributed by atoms with Crippen molar-refractivity contribution in [2.75, 3.05) is 0 Å². The first-order valence-corrected chi connectivity index (χ1v) is 11.7. The number of aliphatic hydroxyl groups excluding tert-OH is 1. The number of fused-ring (bicyclic) bond motifs is 5. The molecule has 0 aromatic heterocycles. The molecule has 1 unspecified atom stereocenters. The van der Waals surface area contributed by atoms with Crippen LogP contribution in [0.3, 0.4) is 0 Å². The molecule has 7 nitrogen and oxygen atoms in total. The first-order chi connectivity index (χ1) is 15.3. The van der Waals surface area contributed by atoms with E-state index in [2.05, 4.69) is 6.92 Å². The molecule has 174 valence electrons. The lowest BCUT2D eigenvalue weighted by molar-refractivity contribution is -0.163. The van der Waals surface area contributed by atoms with Gasteiger partial charge in [0.15, 0.2) is 6.10 Å². The van der Waals surface area contributed by atoms with E-state index in [1.54, 1.807) is 6.07 Å². The van der Waals surface area contributed by atoms with E-state index in [1.165, 1.54) is 6.07 Å². The Kier molecular flexibility index (Phi) is 6.30. The van der Waals surface area contributed by atoms with Gasteiger partial charge in [-0.1, -0.05) is 20.3 Å². The van der Waals surface area contributed by atoms with Gasteiger partial charge in [-0.3, -0.25) is 4.79 Å². The molecule has 3 aliphatic carbocycles. The third-order valence-electron chi connectivity index (χ3n) is 8.10. The predicted octanol–water partition coefficient (Wildman–Crippen LogP) is 3.43. The Bertz CT molecular complexity index is 910. The van der Waals surface area contributed by atoms with Crippen LogP contribution >= 0.6 is 0 Å². The number of hydrogen-bond donors (Lipinski definition) is 2. The number of rotatable bonds is 6. The van der Waals surface area contributed by atoms with Crippen molar-refractivity contribution in [3.05, 3.63) is 23.3 Å². The summed E-state index contributed by atoms with van der Waals surface area (Å²) in [4.78, 5) is 35.0. The van der Waals surface area contributed by atoms with Gasteiger partial charge in [-0.05, 0) is 79.7 Å². The van der Waals surface area contributed by atoms with Crippen molar-refractivity contribution in [1.29, 1.82) is 0 Å². The van der Waals surface area contributed by atoms with E-state index >= 15 is 0 Å². The number of ether oxygens (including phenoxy) is 2. The topological polar surface area (TPSA) is 110 Å². The molecule has 0 radical (unpaired) electrons. The third-order valence-corrected chi connectivity index (χ3v) is 8.10. The minimum atomic E-state index is -1.17. The Morgan fingerprint density at radius 1 is 1.25 bits per heavy atom. The predicted molar refractivity (Wildman–Crippen MR) is 115 cm³/mol. The van der Waals surface area contributed by atoms with Crippen molar-refractivity contribution in [2.45, 2.75) is 83.3 Å². The quantitative estimate of drug-likeness (QED) is 0.299. The zero-order valence-electron chi connectivity index (χ0n) is 18.7. The molecule has 2 fully saturated rings. The van der Waals surface area contributed by atoms with E-state index in [9.17, 15) is 24.6 Å². The molecule has 0 saturated heterocycles. The Labute approximate surface area is 188 Å². The number of aromatic hydroxyl groups is 1. The monoisotopic (exact) mass is 444 g/mol. The minimum Gasteiger partial charge on any atom is -0.508 e. The van der Waals surface area contributed by atoms with Gasteiger partial charge in [-0.25, -0.2) is 9.59 Å². The summed E-state index contributed by atoms with van der Waals surface area (Å²) in [7, 11) is 0. The summed E-state index contributed by atoms with van der Waals surface area (Å²) in [6, 6.07) is 3.21. The molecular formula is C25H32O7. The number of esters is 2. The van der Waals surface area contributed by atoms with E-state index in [0.717, 1.165) is 49.7 Å². The van der Waals surface area contributed by atoms with Crippen LogP contribution in [0.15, 0.2) is 12.1 Å². The summed E-state index contributed by atoms with van der Waals surface area (Å²) in [6.45, 7) is 4.04. The standard InChI is InChI=1S/C25H32O7/c1-3-4-19(31-22(29)13-26)24(30)32-20-12-15(27)11-14-5-6-16-17(23(14)20)9-10-25(2)18(16)7-8-21(25)28/h11-13,16-19,21,27-28H,3-10H2,1-2H3/t16-,17-,18-,19?,21-,25-/m0/s1. The number of carbonyl (C=O) groups excluding carboxylic acids is 3. The maximum atomic E-state index is 12.9. The maximum Gasteiger partial charge on any atom is 0.372 e. The van der Waals surface area contributed by atoms with Gasteiger partial charge in [-0.2, -0.15) is 0 Å². The molecule has 3 aliphatic rings. The van der Waals surface area contributed by atoms with Gasteiger partial charge in [0.1, 0.15) is 11.5 Å². The molecule has 32 heavy (non-hydrogen) atoms. The second kappa shape index (κ2) is 8.85. The Morgan fingerprint density at radius 2 is 2.03 bits per heavy atom. The highest BCUT2D eigenvalue weighted by molar-refractivity contribution is 6.20. The van der Waals surface area contributed by atoms with E-state index in [-0.39, 0.29) is 35.9 Å². The fraction of sp³-hybridized carbons (Fsp3) is 0.640. The fourth-order valence-corrected chi connectivity index (χ4v) is 6.55. The highest BCUT2D eigenvalue weighted by Gasteiger charge is 2.55. The lowest BCUT2D eigenvalue weighted by atomic mass is 9.55. The van der Waals surface area contributed by atoms with Crippen molar-refractivity contribution in [1.82, 2.24) is 0 Å². The number of aldehydes is 1. The summed E-state index contributed by atoms with van der Waals surface area (Å²) in [6.07, 6.45) is 4.78. The second-order valence-electron chi connectivity index (χ2n) is 9.82. The van der Waals surface area contributed by atoms with Crippen molar-refractivity contribution >= 4 is 18.2 Å². The van der Waals surface area contributed by atoms with Crippen molar-refractivity contribution in [3.63, 3.8) is 0 Å². The average Bonchev–Trinajstić information content (AvgIpc) is 3.07. The largest absolute Gasteiger partial charge is 0.508 e. The molecule has 1 aromatic carbocycles. The van der Waals surface area contributed by atoms with Crippen LogP contribution in [0.2, 0.25) is 0 Å². The highest BCUT2D eigenvalue weighted by atomic mass is 16.6. The Balaban J connectivity index is 1.64. The number of aryl methyl sites for hydroxylation is 1. The molecular weight excluding hydrogens is 412 g/mol. The zero-order valence-corrected chi connectivity index (χ0v) is 18.7. The summed E-state index contributed by atoms with van der Waals surface area (Å²) in [5, 5.41) is 20.9. The lowest BCUT2D eigenvalue weighted by Gasteiger charge is -2.50. The van der Waals surface area contributed by atoms with Crippen LogP contribution in [0.4, 0.5) is 0 Å². The number of benzene rings is 1. The molecule has 4 rings (SSSR count). The first kappa shape index (κ1) is 22.8. The normalized spacial score (nSPS) is 31.6. The van der Waals surface area contributed by atoms with Crippen LogP contribution in [0.25, 0.3) is 0 Å². The maximum absolute atomic E-state index is 12.9. The van der Waals surface area contributed by atoms with Gasteiger partial charge in [-0.15, -0.1) is 0 Å². The Morgan fingerprint density at radius 3 is 2.75 bits per heavy atom. The lowest BCUT2D eigenvalue weighted by Crippen LogP contribution is -2.44. The average molecular weight is 445 g/mol. The second-order valence-corrected chi connectivity index (χ2v) is 9.82. The molecule has 1 aromatic rings. The molecule has 0 heterocycles. The van der Waals surface area contributed by atoms with Crippen LogP contribution in [0, 0.1) is 17.3 Å². The van der Waals surface area contributed by atoms with Crippen molar-refractivity contribution < 1.29 is 34.1 Å². The molecule has 0 amide bonds. The minimum absolute atomic E-state index is 0.0267. The van der Waals surface area contributed by atoms with Gasteiger partial charge in [0, 0.05) is 11.6 Å². The van der Waals surface area contributed by atoms with E-state index in [0.29, 0.717) is 24.0 Å². The molecule has 6 atom stereocenters. The summed E-state index contributed by atoms with van der Waals surface area (Å²) in [5.41, 5.74) is 1.86. The zero-order chi connectivity index (χ0) is 23.0. The molecule has 2 N–H and O–H groups in total. The van der Waals surface area contributed by atoms with Crippen LogP contribution in [-0.2, 0) is 25.5 Å². The van der Waals surface area contributed by atoms with Gasteiger partial charge < -0.3 is 19.7 Å². The van der Waals surface area contributed by atoms with E-state index in [1.807, 2.05) is 6.92 Å². The van der Waals surface area contributed by atoms with Gasteiger partial charge in [0.2, 0.25) is 6.29 Å².